The summed E-state index contributed by atoms with van der Waals surface area (Å²) in [4.78, 5) is 0. The van der Waals surface area contributed by atoms with E-state index >= 15 is 0 Å². The van der Waals surface area contributed by atoms with Crippen LogP contribution in [-0.4, -0.2) is 26.7 Å². The molecule has 178 valence electrons. The van der Waals surface area contributed by atoms with E-state index < -0.39 is 0 Å². The van der Waals surface area contributed by atoms with E-state index in [0.29, 0.717) is 24.0 Å². The highest BCUT2D eigenvalue weighted by Crippen LogP contribution is 2.67. The average molecular weight is 435 g/mol. The summed E-state index contributed by atoms with van der Waals surface area (Å²) in [6, 6.07) is 0. The molecule has 0 spiro atoms. The predicted molar refractivity (Wildman–Crippen MR) is 126 cm³/mol. The minimum atomic E-state index is -0.188. The second-order valence-electron chi connectivity index (χ2n) is 12.1. The van der Waals surface area contributed by atoms with Gasteiger partial charge in [-0.3, -0.25) is 4.39 Å². The highest BCUT2D eigenvalue weighted by atomic mass is 19.1. The van der Waals surface area contributed by atoms with Gasteiger partial charge < -0.3 is 9.47 Å². The molecule has 0 N–H and O–H groups in total. The van der Waals surface area contributed by atoms with Crippen LogP contribution in [0.3, 0.4) is 0 Å². The summed E-state index contributed by atoms with van der Waals surface area (Å²) in [6.07, 6.45) is 17.7. The normalized spacial score (nSPS) is 42.1. The van der Waals surface area contributed by atoms with E-state index in [9.17, 15) is 4.39 Å². The van der Waals surface area contributed by atoms with Crippen molar-refractivity contribution in [3.63, 3.8) is 0 Å². The first kappa shape index (κ1) is 23.7. The van der Waals surface area contributed by atoms with Gasteiger partial charge in [-0.25, -0.2) is 0 Å². The van der Waals surface area contributed by atoms with Crippen LogP contribution in [0, 0.1) is 40.4 Å². The van der Waals surface area contributed by atoms with Crippen molar-refractivity contribution in [2.24, 2.45) is 40.4 Å². The van der Waals surface area contributed by atoms with Crippen LogP contribution in [0.25, 0.3) is 0 Å². The fourth-order valence-electron chi connectivity index (χ4n) is 8.51. The van der Waals surface area contributed by atoms with Gasteiger partial charge in [-0.1, -0.05) is 51.7 Å². The molecule has 0 amide bonds. The minimum Gasteiger partial charge on any atom is -0.359 e. The Bertz CT molecular complexity index is 631. The standard InChI is InChI=1S/C28H47FO2/c1-20(2)7-5-6-8-21-10-12-25-24-11-9-22-17-23(31-19-30-4)13-16-28(22,18-29)26(24)14-15-27(21,25)3/h9,20-21,23-26H,5-8,10-19H2,1-4H3. The number of allylic oxidation sites excluding steroid dienone is 1. The molecule has 0 aliphatic heterocycles. The Morgan fingerprint density at radius 3 is 2.68 bits per heavy atom. The molecule has 7 atom stereocenters. The van der Waals surface area contributed by atoms with Crippen LogP contribution >= 0.6 is 0 Å². The maximum atomic E-state index is 14.8. The maximum absolute atomic E-state index is 14.8. The lowest BCUT2D eigenvalue weighted by Crippen LogP contribution is -2.52. The van der Waals surface area contributed by atoms with Gasteiger partial charge in [0.25, 0.3) is 0 Å². The number of alkyl halides is 1. The molecule has 3 heteroatoms. The first-order valence-electron chi connectivity index (χ1n) is 13.3. The zero-order valence-electron chi connectivity index (χ0n) is 20.6. The summed E-state index contributed by atoms with van der Waals surface area (Å²) >= 11 is 0. The molecule has 31 heavy (non-hydrogen) atoms. The number of methoxy groups -OCH3 is 1. The number of ether oxygens (including phenoxy) is 2. The van der Waals surface area contributed by atoms with Crippen LogP contribution in [0.5, 0.6) is 0 Å². The van der Waals surface area contributed by atoms with E-state index in [1.165, 1.54) is 63.4 Å². The Balaban J connectivity index is 1.45. The van der Waals surface area contributed by atoms with E-state index in [-0.39, 0.29) is 18.2 Å². The SMILES string of the molecule is COCOC1CCC2(CF)C(=CCC3C2CCC2(C)C(CCCCC(C)C)CCC32)C1. The molecule has 2 nitrogen and oxygen atoms in total. The molecule has 0 bridgehead atoms. The molecule has 0 aromatic rings. The highest BCUT2D eigenvalue weighted by molar-refractivity contribution is 5.26. The summed E-state index contributed by atoms with van der Waals surface area (Å²) in [5, 5.41) is 0. The number of fused-ring (bicyclic) bond motifs is 5. The number of halogens is 1. The maximum Gasteiger partial charge on any atom is 0.146 e. The lowest BCUT2D eigenvalue weighted by Gasteiger charge is -2.58. The first-order valence-corrected chi connectivity index (χ1v) is 13.3. The van der Waals surface area contributed by atoms with Crippen molar-refractivity contribution in [3.8, 4) is 0 Å². The van der Waals surface area contributed by atoms with Gasteiger partial charge in [0.2, 0.25) is 0 Å². The Morgan fingerprint density at radius 1 is 1.10 bits per heavy atom. The number of hydrogen-bond donors (Lipinski definition) is 0. The van der Waals surface area contributed by atoms with Crippen LogP contribution in [-0.2, 0) is 9.47 Å². The predicted octanol–water partition coefficient (Wildman–Crippen LogP) is 7.72. The Labute approximate surface area is 190 Å². The van der Waals surface area contributed by atoms with Gasteiger partial charge in [-0.05, 0) is 92.8 Å². The zero-order chi connectivity index (χ0) is 22.1. The van der Waals surface area contributed by atoms with Crippen LogP contribution in [0.4, 0.5) is 4.39 Å². The quantitative estimate of drug-likeness (QED) is 0.210. The van der Waals surface area contributed by atoms with Gasteiger partial charge in [0.15, 0.2) is 0 Å². The topological polar surface area (TPSA) is 18.5 Å². The minimum absolute atomic E-state index is 0.168. The molecule has 7 unspecified atom stereocenters. The van der Waals surface area contributed by atoms with Gasteiger partial charge >= 0.3 is 0 Å². The third kappa shape index (κ3) is 4.39. The summed E-state index contributed by atoms with van der Waals surface area (Å²) in [5.74, 6) is 3.80. The van der Waals surface area contributed by atoms with Crippen LogP contribution in [0.15, 0.2) is 11.6 Å². The fourth-order valence-corrected chi connectivity index (χ4v) is 8.51. The van der Waals surface area contributed by atoms with Gasteiger partial charge in [0.1, 0.15) is 6.79 Å². The van der Waals surface area contributed by atoms with E-state index in [0.717, 1.165) is 37.0 Å². The molecule has 0 radical (unpaired) electrons. The summed E-state index contributed by atoms with van der Waals surface area (Å²) in [5.41, 5.74) is 1.70. The summed E-state index contributed by atoms with van der Waals surface area (Å²) < 4.78 is 25.8. The molecule has 3 saturated carbocycles. The highest BCUT2D eigenvalue weighted by Gasteiger charge is 2.59. The zero-order valence-corrected chi connectivity index (χ0v) is 20.6. The largest absolute Gasteiger partial charge is 0.359 e. The van der Waals surface area contributed by atoms with E-state index in [1.807, 2.05) is 0 Å². The lowest BCUT2D eigenvalue weighted by molar-refractivity contribution is -0.104. The van der Waals surface area contributed by atoms with Crippen LogP contribution < -0.4 is 0 Å². The molecule has 4 rings (SSSR count). The van der Waals surface area contributed by atoms with Crippen molar-refractivity contribution < 1.29 is 13.9 Å². The molecule has 4 aliphatic carbocycles. The van der Waals surface area contributed by atoms with Gasteiger partial charge in [0, 0.05) is 12.5 Å². The summed E-state index contributed by atoms with van der Waals surface area (Å²) in [7, 11) is 1.68. The van der Waals surface area contributed by atoms with Crippen LogP contribution in [0.1, 0.15) is 97.8 Å². The molecule has 4 aliphatic rings. The molecular formula is C28H47FO2. The Kier molecular flexibility index (Phi) is 7.53. The third-order valence-electron chi connectivity index (χ3n) is 10.2. The van der Waals surface area contributed by atoms with E-state index in [1.54, 1.807) is 7.11 Å². The van der Waals surface area contributed by atoms with Gasteiger partial charge in [0.05, 0.1) is 12.8 Å². The molecule has 3 fully saturated rings. The van der Waals surface area contributed by atoms with Crippen molar-refractivity contribution in [3.05, 3.63) is 11.6 Å². The molecule has 0 aromatic carbocycles. The average Bonchev–Trinajstić information content (AvgIpc) is 3.11. The summed E-state index contributed by atoms with van der Waals surface area (Å²) in [6.45, 7) is 7.49. The van der Waals surface area contributed by atoms with Crippen molar-refractivity contribution in [1.29, 1.82) is 0 Å². The van der Waals surface area contributed by atoms with E-state index in [4.69, 9.17) is 9.47 Å². The Hall–Kier alpha value is -0.410. The third-order valence-corrected chi connectivity index (χ3v) is 10.2. The van der Waals surface area contributed by atoms with Crippen molar-refractivity contribution in [2.45, 2.75) is 104 Å². The number of rotatable bonds is 9. The molecule has 0 aromatic heterocycles. The molecule has 0 saturated heterocycles. The van der Waals surface area contributed by atoms with Crippen molar-refractivity contribution >= 4 is 0 Å². The monoisotopic (exact) mass is 434 g/mol. The van der Waals surface area contributed by atoms with Crippen molar-refractivity contribution in [1.82, 2.24) is 0 Å². The molecular weight excluding hydrogens is 387 g/mol. The number of unbranched alkanes of at least 4 members (excludes halogenated alkanes) is 1. The smallest absolute Gasteiger partial charge is 0.146 e. The van der Waals surface area contributed by atoms with Crippen LogP contribution in [0.2, 0.25) is 0 Å². The second-order valence-corrected chi connectivity index (χ2v) is 12.1. The van der Waals surface area contributed by atoms with Crippen molar-refractivity contribution in [2.75, 3.05) is 20.6 Å². The molecule has 0 heterocycles. The van der Waals surface area contributed by atoms with E-state index in [2.05, 4.69) is 26.8 Å². The lowest BCUT2D eigenvalue weighted by atomic mass is 9.47. The second kappa shape index (κ2) is 9.84. The first-order chi connectivity index (χ1) is 14.9. The fraction of sp³-hybridized carbons (Fsp3) is 0.929. The van der Waals surface area contributed by atoms with Gasteiger partial charge in [-0.15, -0.1) is 0 Å². The number of hydrogen-bond acceptors (Lipinski definition) is 2. The Morgan fingerprint density at radius 2 is 1.94 bits per heavy atom. The van der Waals surface area contributed by atoms with Gasteiger partial charge in [-0.2, -0.15) is 0 Å².